The third-order valence-corrected chi connectivity index (χ3v) is 2.78. The molecular formula is C9H13N3O4S. The Kier molecular flexibility index (Phi) is 4.95. The molecule has 0 fully saturated rings. The van der Waals surface area contributed by atoms with Crippen LogP contribution in [-0.4, -0.2) is 38.9 Å². The van der Waals surface area contributed by atoms with Crippen LogP contribution < -0.4 is 5.32 Å². The van der Waals surface area contributed by atoms with E-state index >= 15 is 0 Å². The molecule has 0 bridgehead atoms. The number of carbonyl (C=O) groups excluding carboxylic acids is 1. The molecule has 17 heavy (non-hydrogen) atoms. The van der Waals surface area contributed by atoms with Gasteiger partial charge < -0.3 is 14.9 Å². The Balaban J connectivity index is 2.37. The van der Waals surface area contributed by atoms with Crippen molar-refractivity contribution >= 4 is 23.6 Å². The van der Waals surface area contributed by atoms with Gasteiger partial charge in [0.05, 0.1) is 5.75 Å². The van der Waals surface area contributed by atoms with E-state index in [1.54, 1.807) is 6.92 Å². The summed E-state index contributed by atoms with van der Waals surface area (Å²) in [5.41, 5.74) is 0. The number of carboxylic acid groups (broad SMARTS) is 1. The van der Waals surface area contributed by atoms with Crippen molar-refractivity contribution in [1.29, 1.82) is 0 Å². The highest BCUT2D eigenvalue weighted by Gasteiger charge is 2.18. The van der Waals surface area contributed by atoms with Gasteiger partial charge in [-0.15, -0.1) is 11.8 Å². The number of hydrogen-bond donors (Lipinski definition) is 2. The van der Waals surface area contributed by atoms with Crippen LogP contribution in [0.4, 0.5) is 0 Å². The first-order valence-electron chi connectivity index (χ1n) is 4.86. The van der Waals surface area contributed by atoms with E-state index in [-0.39, 0.29) is 11.7 Å². The lowest BCUT2D eigenvalue weighted by Crippen LogP contribution is -2.41. The molecule has 0 aliphatic carbocycles. The molecule has 0 aliphatic heterocycles. The molecule has 1 aromatic heterocycles. The number of hydrogen-bond acceptors (Lipinski definition) is 6. The van der Waals surface area contributed by atoms with Gasteiger partial charge in [-0.3, -0.25) is 4.79 Å². The van der Waals surface area contributed by atoms with Crippen molar-refractivity contribution in [1.82, 2.24) is 15.5 Å². The zero-order chi connectivity index (χ0) is 12.8. The van der Waals surface area contributed by atoms with Gasteiger partial charge in [-0.05, 0) is 6.92 Å². The highest BCUT2D eigenvalue weighted by Crippen LogP contribution is 2.11. The fraction of sp³-hybridized carbons (Fsp3) is 0.556. The average Bonchev–Trinajstić information content (AvgIpc) is 2.62. The van der Waals surface area contributed by atoms with Crippen LogP contribution in [0.1, 0.15) is 18.6 Å². The zero-order valence-electron chi connectivity index (χ0n) is 9.47. The number of carboxylic acids is 1. The Bertz CT molecular complexity index is 407. The van der Waals surface area contributed by atoms with Gasteiger partial charge >= 0.3 is 5.97 Å². The van der Waals surface area contributed by atoms with Crippen molar-refractivity contribution in [2.45, 2.75) is 25.6 Å². The van der Waals surface area contributed by atoms with Crippen LogP contribution in [0.15, 0.2) is 4.52 Å². The summed E-state index contributed by atoms with van der Waals surface area (Å²) in [6.45, 7) is 2.98. The van der Waals surface area contributed by atoms with E-state index in [1.807, 2.05) is 0 Å². The summed E-state index contributed by atoms with van der Waals surface area (Å²) in [6, 6.07) is -0.901. The third kappa shape index (κ3) is 4.85. The van der Waals surface area contributed by atoms with Gasteiger partial charge in [0.2, 0.25) is 11.8 Å². The summed E-state index contributed by atoms with van der Waals surface area (Å²) in [5.74, 6) is 0.221. The van der Waals surface area contributed by atoms with Gasteiger partial charge in [0.15, 0.2) is 5.82 Å². The highest BCUT2D eigenvalue weighted by atomic mass is 32.2. The first-order valence-corrected chi connectivity index (χ1v) is 6.01. The number of rotatable bonds is 6. The molecule has 1 heterocycles. The SMILES string of the molecule is CC(=O)N[C@@H](CSCc1nc(C)no1)C(=O)O. The van der Waals surface area contributed by atoms with Crippen molar-refractivity contribution in [2.75, 3.05) is 5.75 Å². The second-order valence-corrected chi connectivity index (χ2v) is 4.37. The third-order valence-electron chi connectivity index (χ3n) is 1.76. The van der Waals surface area contributed by atoms with Gasteiger partial charge in [-0.25, -0.2) is 4.79 Å². The summed E-state index contributed by atoms with van der Waals surface area (Å²) in [7, 11) is 0. The van der Waals surface area contributed by atoms with Crippen LogP contribution in [-0.2, 0) is 15.3 Å². The zero-order valence-corrected chi connectivity index (χ0v) is 10.3. The smallest absolute Gasteiger partial charge is 0.327 e. The minimum absolute atomic E-state index is 0.246. The molecule has 0 spiro atoms. The van der Waals surface area contributed by atoms with Crippen LogP contribution in [0.5, 0.6) is 0 Å². The van der Waals surface area contributed by atoms with Crippen molar-refractivity contribution in [3.63, 3.8) is 0 Å². The molecule has 0 aromatic carbocycles. The molecule has 0 saturated heterocycles. The predicted molar refractivity (Wildman–Crippen MR) is 60.4 cm³/mol. The van der Waals surface area contributed by atoms with E-state index in [4.69, 9.17) is 9.63 Å². The van der Waals surface area contributed by atoms with Gasteiger partial charge in [0, 0.05) is 12.7 Å². The number of nitrogens with zero attached hydrogens (tertiary/aromatic N) is 2. The van der Waals surface area contributed by atoms with Gasteiger partial charge in [0.1, 0.15) is 6.04 Å². The molecule has 0 radical (unpaired) electrons. The lowest BCUT2D eigenvalue weighted by Gasteiger charge is -2.11. The minimum Gasteiger partial charge on any atom is -0.480 e. The Morgan fingerprint density at radius 3 is 2.76 bits per heavy atom. The molecule has 1 rings (SSSR count). The number of aromatic nitrogens is 2. The number of amides is 1. The lowest BCUT2D eigenvalue weighted by atomic mass is 10.3. The fourth-order valence-corrected chi connectivity index (χ4v) is 1.95. The number of nitrogens with one attached hydrogen (secondary N) is 1. The molecule has 1 aromatic rings. The quantitative estimate of drug-likeness (QED) is 0.751. The Morgan fingerprint density at radius 2 is 2.29 bits per heavy atom. The van der Waals surface area contributed by atoms with E-state index in [9.17, 15) is 9.59 Å². The summed E-state index contributed by atoms with van der Waals surface area (Å²) in [4.78, 5) is 25.6. The average molecular weight is 259 g/mol. The van der Waals surface area contributed by atoms with Crippen molar-refractivity contribution < 1.29 is 19.2 Å². The van der Waals surface area contributed by atoms with Crippen LogP contribution >= 0.6 is 11.8 Å². The van der Waals surface area contributed by atoms with Gasteiger partial charge in [-0.2, -0.15) is 4.98 Å². The summed E-state index contributed by atoms with van der Waals surface area (Å²) in [6.07, 6.45) is 0. The maximum atomic E-state index is 10.8. The Labute approximate surface area is 102 Å². The fourth-order valence-electron chi connectivity index (χ4n) is 1.08. The van der Waals surface area contributed by atoms with Crippen LogP contribution in [0.25, 0.3) is 0 Å². The van der Waals surface area contributed by atoms with Crippen molar-refractivity contribution in [3.8, 4) is 0 Å². The van der Waals surface area contributed by atoms with Crippen molar-refractivity contribution in [3.05, 3.63) is 11.7 Å². The number of carbonyl (C=O) groups is 2. The second-order valence-electron chi connectivity index (χ2n) is 3.34. The lowest BCUT2D eigenvalue weighted by molar-refractivity contribution is -0.140. The van der Waals surface area contributed by atoms with Crippen LogP contribution in [0, 0.1) is 6.92 Å². The molecule has 0 unspecified atom stereocenters. The summed E-state index contributed by atoms with van der Waals surface area (Å²) in [5, 5.41) is 14.8. The standard InChI is InChI=1S/C9H13N3O4S/c1-5-10-8(16-12-5)4-17-3-7(9(14)15)11-6(2)13/h7H,3-4H2,1-2H3,(H,11,13)(H,14,15)/t7-/m0/s1. The molecule has 94 valence electrons. The van der Waals surface area contributed by atoms with Crippen LogP contribution in [0.3, 0.4) is 0 Å². The first kappa shape index (κ1) is 13.5. The molecule has 1 atom stereocenters. The topological polar surface area (TPSA) is 105 Å². The van der Waals surface area contributed by atoms with E-state index in [2.05, 4.69) is 15.5 Å². The molecule has 1 amide bonds. The van der Waals surface area contributed by atoms with E-state index in [0.717, 1.165) is 0 Å². The summed E-state index contributed by atoms with van der Waals surface area (Å²) < 4.78 is 4.87. The molecule has 8 heteroatoms. The normalized spacial score (nSPS) is 12.1. The van der Waals surface area contributed by atoms with Gasteiger partial charge in [0.25, 0.3) is 0 Å². The maximum Gasteiger partial charge on any atom is 0.327 e. The van der Waals surface area contributed by atoms with E-state index in [1.165, 1.54) is 18.7 Å². The molecule has 2 N–H and O–H groups in total. The Hall–Kier alpha value is -1.57. The number of aryl methyl sites for hydroxylation is 1. The summed E-state index contributed by atoms with van der Waals surface area (Å²) >= 11 is 1.31. The number of thioether (sulfide) groups is 1. The largest absolute Gasteiger partial charge is 0.480 e. The monoisotopic (exact) mass is 259 g/mol. The number of aliphatic carboxylic acids is 1. The first-order chi connectivity index (χ1) is 7.99. The molecular weight excluding hydrogens is 246 g/mol. The Morgan fingerprint density at radius 1 is 1.59 bits per heavy atom. The molecule has 7 nitrogen and oxygen atoms in total. The van der Waals surface area contributed by atoms with Crippen molar-refractivity contribution in [2.24, 2.45) is 0 Å². The second kappa shape index (κ2) is 6.24. The minimum atomic E-state index is -1.06. The predicted octanol–water partition coefficient (Wildman–Crippen LogP) is 0.201. The van der Waals surface area contributed by atoms with E-state index < -0.39 is 12.0 Å². The molecule has 0 saturated carbocycles. The van der Waals surface area contributed by atoms with Crippen LogP contribution in [0.2, 0.25) is 0 Å². The van der Waals surface area contributed by atoms with E-state index in [0.29, 0.717) is 17.5 Å². The molecule has 0 aliphatic rings. The maximum absolute atomic E-state index is 10.8. The highest BCUT2D eigenvalue weighted by molar-refractivity contribution is 7.98. The van der Waals surface area contributed by atoms with Gasteiger partial charge in [-0.1, -0.05) is 5.16 Å².